The molecule has 10 nitrogen and oxygen atoms in total. The molecule has 0 saturated heterocycles. The molecule has 0 saturated carbocycles. The molecule has 13 heteroatoms. The topological polar surface area (TPSA) is 206 Å². The van der Waals surface area contributed by atoms with Crippen molar-refractivity contribution < 1.29 is 53.7 Å². The van der Waals surface area contributed by atoms with Crippen LogP contribution >= 0.6 is 0 Å². The fourth-order valence-electron chi connectivity index (χ4n) is 1.86. The van der Waals surface area contributed by atoms with E-state index < -0.39 is 25.3 Å². The molecule has 6 N–H and O–H groups in total. The fourth-order valence-corrected chi connectivity index (χ4v) is 3.27. The molecule has 145 valence electrons. The molecule has 0 aliphatic rings. The fraction of sp³-hybridized carbons (Fsp3) is 0.0769. The summed E-state index contributed by atoms with van der Waals surface area (Å²) in [5.74, 6) is 0. The molecule has 1 aromatic carbocycles. The Kier molecular flexibility index (Phi) is 10.6. The molecule has 0 aliphatic carbocycles. The summed E-state index contributed by atoms with van der Waals surface area (Å²) in [5, 5.41) is 0.400. The second kappa shape index (κ2) is 10.4. The first-order valence-electron chi connectivity index (χ1n) is 6.11. The molecule has 0 amide bonds. The Morgan fingerprint density at radius 3 is 1.35 bits per heavy atom. The monoisotopic (exact) mass is 451 g/mol. The van der Waals surface area contributed by atoms with Crippen molar-refractivity contribution >= 4 is 42.0 Å². The molecule has 0 atom stereocenters. The van der Waals surface area contributed by atoms with Gasteiger partial charge >= 0.3 is 16.8 Å². The van der Waals surface area contributed by atoms with Crippen LogP contribution in [0.3, 0.4) is 0 Å². The van der Waals surface area contributed by atoms with Gasteiger partial charge in [-0.3, -0.25) is 9.97 Å². The van der Waals surface area contributed by atoms with E-state index in [1.807, 2.05) is 12.1 Å². The smallest absolute Gasteiger partial charge is 0.747 e. The Morgan fingerprint density at radius 2 is 1.08 bits per heavy atom. The number of hydrogen-bond donors (Lipinski definition) is 0. The number of pyridine rings is 2. The van der Waals surface area contributed by atoms with Gasteiger partial charge in [0.2, 0.25) is 0 Å². The van der Waals surface area contributed by atoms with Crippen molar-refractivity contribution in [1.82, 2.24) is 9.97 Å². The van der Waals surface area contributed by atoms with Crippen LogP contribution in [0.1, 0.15) is 0 Å². The molecule has 1 radical (unpaired) electrons. The Hall–Kier alpha value is -1.71. The molecular formula is C13H16CoN2O8S2+2. The first-order valence-corrected chi connectivity index (χ1v) is 9.27. The van der Waals surface area contributed by atoms with Crippen LogP contribution in [-0.2, 0) is 48.0 Å². The summed E-state index contributed by atoms with van der Waals surface area (Å²) in [5.41, 5.74) is 1.95. The van der Waals surface area contributed by atoms with E-state index in [1.165, 1.54) is 0 Å². The third kappa shape index (κ3) is 8.11. The zero-order valence-corrected chi connectivity index (χ0v) is 15.6. The Labute approximate surface area is 159 Å². The van der Waals surface area contributed by atoms with Crippen molar-refractivity contribution in [2.24, 2.45) is 0 Å². The Balaban J connectivity index is 0. The maximum atomic E-state index is 9.51. The largest absolute Gasteiger partial charge is 2.00 e. The average Bonchev–Trinajstić information content (AvgIpc) is 2.44. The van der Waals surface area contributed by atoms with Gasteiger partial charge in [-0.1, -0.05) is 24.3 Å². The number of nitrogens with zero attached hydrogens (tertiary/aromatic N) is 2. The first-order chi connectivity index (χ1) is 10.7. The summed E-state index contributed by atoms with van der Waals surface area (Å²) < 4.78 is 57.1. The summed E-state index contributed by atoms with van der Waals surface area (Å²) in [6.45, 7) is 0. The molecule has 26 heavy (non-hydrogen) atoms. The number of benzene rings is 1. The summed E-state index contributed by atoms with van der Waals surface area (Å²) in [6, 6.07) is 12.1. The maximum Gasteiger partial charge on any atom is 2.00 e. The molecule has 3 rings (SSSR count). The minimum absolute atomic E-state index is 0. The van der Waals surface area contributed by atoms with Crippen LogP contribution in [0.2, 0.25) is 0 Å². The predicted octanol–water partition coefficient (Wildman–Crippen LogP) is -1.03. The maximum absolute atomic E-state index is 9.51. The molecule has 0 unspecified atom stereocenters. The number of fused-ring (bicyclic) bond motifs is 3. The first kappa shape index (κ1) is 26.5. The standard InChI is InChI=1S/C12H8N2.CH4O6S2.Co.2H2O/c1-3-9-5-6-10-4-2-8-14-12(10)11(9)13-7-1;2-8(3,4)1-9(5,6)7;;;/h1-8H;1H2,(H,2,3,4)(H,5,6,7);;2*1H2/q;;+2;;. The third-order valence-corrected chi connectivity index (χ3v) is 4.94. The van der Waals surface area contributed by atoms with Gasteiger partial charge < -0.3 is 20.1 Å². The number of hydrogen-bond acceptors (Lipinski definition) is 8. The van der Waals surface area contributed by atoms with Crippen LogP contribution < -0.4 is 0 Å². The van der Waals surface area contributed by atoms with Crippen LogP contribution in [0.4, 0.5) is 0 Å². The van der Waals surface area contributed by atoms with Gasteiger partial charge in [0.1, 0.15) is 25.3 Å². The van der Waals surface area contributed by atoms with Crippen LogP contribution in [0, 0.1) is 0 Å². The second-order valence-electron chi connectivity index (χ2n) is 4.45. The van der Waals surface area contributed by atoms with E-state index in [4.69, 9.17) is 0 Å². The minimum atomic E-state index is -4.93. The van der Waals surface area contributed by atoms with Crippen LogP contribution in [0.5, 0.6) is 0 Å². The second-order valence-corrected chi connectivity index (χ2v) is 7.62. The van der Waals surface area contributed by atoms with Crippen molar-refractivity contribution in [3.05, 3.63) is 48.8 Å². The molecule has 0 aliphatic heterocycles. The molecule has 3 aromatic rings. The van der Waals surface area contributed by atoms with Gasteiger partial charge in [0, 0.05) is 23.2 Å². The van der Waals surface area contributed by atoms with E-state index in [2.05, 4.69) is 34.2 Å². The predicted molar refractivity (Wildman–Crippen MR) is 91.0 cm³/mol. The van der Waals surface area contributed by atoms with Crippen molar-refractivity contribution in [2.45, 2.75) is 0 Å². The zero-order valence-electron chi connectivity index (χ0n) is 13.0. The van der Waals surface area contributed by atoms with Gasteiger partial charge in [0.25, 0.3) is 0 Å². The van der Waals surface area contributed by atoms with Gasteiger partial charge in [0.15, 0.2) is 0 Å². The Bertz CT molecular complexity index is 973. The van der Waals surface area contributed by atoms with E-state index in [9.17, 15) is 25.9 Å². The number of rotatable bonds is 2. The quantitative estimate of drug-likeness (QED) is 0.267. The van der Waals surface area contributed by atoms with Gasteiger partial charge in [-0.15, -0.1) is 0 Å². The molecule has 2 aromatic heterocycles. The van der Waals surface area contributed by atoms with Gasteiger partial charge in [-0.25, -0.2) is 16.8 Å². The molecular weight excluding hydrogens is 435 g/mol. The van der Waals surface area contributed by atoms with Crippen molar-refractivity contribution in [3.63, 3.8) is 0 Å². The van der Waals surface area contributed by atoms with Gasteiger partial charge in [-0.05, 0) is 12.1 Å². The SMILES string of the molecule is O=S(=O)([O-])CS(=O)(=O)[O-].[Co+2].[OH3+].[OH3+].c1cnc2c(c1)ccc1cccnc12. The zero-order chi connectivity index (χ0) is 17.1. The summed E-state index contributed by atoms with van der Waals surface area (Å²) in [6.07, 6.45) is 3.60. The van der Waals surface area contributed by atoms with Gasteiger partial charge in [0.05, 0.1) is 11.0 Å². The van der Waals surface area contributed by atoms with Crippen LogP contribution in [-0.4, -0.2) is 41.0 Å². The van der Waals surface area contributed by atoms with Crippen molar-refractivity contribution in [3.8, 4) is 0 Å². The van der Waals surface area contributed by atoms with E-state index in [0.29, 0.717) is 0 Å². The molecule has 0 fully saturated rings. The van der Waals surface area contributed by atoms with E-state index in [-0.39, 0.29) is 27.7 Å². The normalized spacial score (nSPS) is 10.5. The average molecular weight is 451 g/mol. The molecule has 2 heterocycles. The summed E-state index contributed by atoms with van der Waals surface area (Å²) >= 11 is 0. The minimum Gasteiger partial charge on any atom is -0.747 e. The summed E-state index contributed by atoms with van der Waals surface area (Å²) in [7, 11) is -9.86. The Morgan fingerprint density at radius 1 is 0.731 bits per heavy atom. The third-order valence-electron chi connectivity index (χ3n) is 2.63. The van der Waals surface area contributed by atoms with E-state index >= 15 is 0 Å². The van der Waals surface area contributed by atoms with Crippen molar-refractivity contribution in [1.29, 1.82) is 0 Å². The van der Waals surface area contributed by atoms with Crippen molar-refractivity contribution in [2.75, 3.05) is 5.08 Å². The van der Waals surface area contributed by atoms with Gasteiger partial charge in [-0.2, -0.15) is 0 Å². The van der Waals surface area contributed by atoms with Crippen LogP contribution in [0.25, 0.3) is 21.8 Å². The molecule has 0 spiro atoms. The molecule has 0 bridgehead atoms. The van der Waals surface area contributed by atoms with E-state index in [0.717, 1.165) is 21.8 Å². The van der Waals surface area contributed by atoms with E-state index in [1.54, 1.807) is 12.4 Å². The number of aromatic nitrogens is 2. The van der Waals surface area contributed by atoms with Crippen LogP contribution in [0.15, 0.2) is 48.8 Å². The summed E-state index contributed by atoms with van der Waals surface area (Å²) in [4.78, 5) is 8.69.